The van der Waals surface area contributed by atoms with Crippen LogP contribution >= 0.6 is 0 Å². The van der Waals surface area contributed by atoms with E-state index >= 15 is 0 Å². The first-order valence-electron chi connectivity index (χ1n) is 4.19. The van der Waals surface area contributed by atoms with Crippen LogP contribution in [0.1, 0.15) is 47.0 Å². The summed E-state index contributed by atoms with van der Waals surface area (Å²) in [4.78, 5) is 8.36. The number of nitrogens with zero attached hydrogens (tertiary/aromatic N) is 1. The van der Waals surface area contributed by atoms with Crippen molar-refractivity contribution in [1.29, 1.82) is 0 Å². The van der Waals surface area contributed by atoms with Gasteiger partial charge in [-0.1, -0.05) is 34.1 Å². The SMILES string of the molecule is CC1(C)CC1.CCC.O=[N+]([O-])O. The molecule has 12 heavy (non-hydrogen) atoms. The van der Waals surface area contributed by atoms with Crippen molar-refractivity contribution in [3.8, 4) is 0 Å². The van der Waals surface area contributed by atoms with Crippen LogP contribution in [0, 0.1) is 15.5 Å². The molecule has 4 nitrogen and oxygen atoms in total. The Labute approximate surface area is 73.7 Å². The van der Waals surface area contributed by atoms with Crippen LogP contribution in [0.3, 0.4) is 0 Å². The van der Waals surface area contributed by atoms with E-state index in [0.29, 0.717) is 0 Å². The van der Waals surface area contributed by atoms with Crippen molar-refractivity contribution in [3.05, 3.63) is 10.1 Å². The Balaban J connectivity index is 0. The highest BCUT2D eigenvalue weighted by atomic mass is 16.9. The lowest BCUT2D eigenvalue weighted by molar-refractivity contribution is -0.742. The van der Waals surface area contributed by atoms with Crippen molar-refractivity contribution >= 4 is 0 Å². The smallest absolute Gasteiger partial charge is 0.291 e. The standard InChI is InChI=1S/C5H10.C3H8.HNO3/c1-5(2)3-4-5;1-3-2;2-1(3)4/h3-4H2,1-2H3;3H2,1-2H3;(H,2,3,4). The second-order valence-electron chi connectivity index (χ2n) is 3.61. The van der Waals surface area contributed by atoms with Gasteiger partial charge in [0.1, 0.15) is 0 Å². The minimum absolute atomic E-state index is 0.750. The van der Waals surface area contributed by atoms with Gasteiger partial charge in [0.15, 0.2) is 0 Å². The van der Waals surface area contributed by atoms with E-state index in [9.17, 15) is 0 Å². The third kappa shape index (κ3) is 35.1. The Morgan fingerprint density at radius 3 is 1.50 bits per heavy atom. The Kier molecular flexibility index (Phi) is 7.90. The fraction of sp³-hybridized carbons (Fsp3) is 1.00. The van der Waals surface area contributed by atoms with Gasteiger partial charge in [-0.2, -0.15) is 0 Å². The molecule has 0 amide bonds. The molecule has 0 atom stereocenters. The monoisotopic (exact) mass is 177 g/mol. The molecule has 1 aliphatic rings. The fourth-order valence-electron chi connectivity index (χ4n) is 0.250. The van der Waals surface area contributed by atoms with Gasteiger partial charge in [0.05, 0.1) is 0 Å². The maximum Gasteiger partial charge on any atom is 0.291 e. The topological polar surface area (TPSA) is 63.4 Å². The van der Waals surface area contributed by atoms with Gasteiger partial charge in [-0.05, 0) is 18.3 Å². The van der Waals surface area contributed by atoms with E-state index in [1.54, 1.807) is 0 Å². The van der Waals surface area contributed by atoms with Gasteiger partial charge in [0.2, 0.25) is 0 Å². The van der Waals surface area contributed by atoms with Crippen LogP contribution in [0.4, 0.5) is 0 Å². The van der Waals surface area contributed by atoms with Crippen molar-refractivity contribution in [1.82, 2.24) is 0 Å². The van der Waals surface area contributed by atoms with Crippen LogP contribution in [0.25, 0.3) is 0 Å². The molecule has 1 N–H and O–H groups in total. The summed E-state index contributed by atoms with van der Waals surface area (Å²) in [7, 11) is 0. The van der Waals surface area contributed by atoms with Gasteiger partial charge in [-0.25, -0.2) is 0 Å². The van der Waals surface area contributed by atoms with Gasteiger partial charge >= 0.3 is 0 Å². The molecular weight excluding hydrogens is 158 g/mol. The van der Waals surface area contributed by atoms with E-state index in [1.807, 2.05) is 0 Å². The molecule has 0 bridgehead atoms. The van der Waals surface area contributed by atoms with Crippen molar-refractivity contribution in [2.75, 3.05) is 0 Å². The second kappa shape index (κ2) is 6.88. The average Bonchev–Trinajstić information content (AvgIpc) is 2.46. The lowest BCUT2D eigenvalue weighted by Crippen LogP contribution is -1.81. The molecule has 1 fully saturated rings. The molecular formula is C8H19NO3. The summed E-state index contributed by atoms with van der Waals surface area (Å²) in [5, 5.41) is 13.6. The van der Waals surface area contributed by atoms with Crippen molar-refractivity contribution in [2.24, 2.45) is 5.41 Å². The normalized spacial score (nSPS) is 16.0. The van der Waals surface area contributed by atoms with E-state index in [2.05, 4.69) is 27.7 Å². The average molecular weight is 177 g/mol. The van der Waals surface area contributed by atoms with E-state index < -0.39 is 5.09 Å². The molecule has 0 unspecified atom stereocenters. The molecule has 0 aromatic carbocycles. The molecule has 0 spiro atoms. The van der Waals surface area contributed by atoms with Crippen molar-refractivity contribution < 1.29 is 10.3 Å². The summed E-state index contributed by atoms with van der Waals surface area (Å²) in [5.74, 6) is 0. The van der Waals surface area contributed by atoms with Crippen LogP contribution < -0.4 is 0 Å². The maximum absolute atomic E-state index is 8.36. The van der Waals surface area contributed by atoms with Crippen molar-refractivity contribution in [2.45, 2.75) is 47.0 Å². The van der Waals surface area contributed by atoms with Gasteiger partial charge in [-0.15, -0.1) is 10.1 Å². The molecule has 0 aliphatic heterocycles. The summed E-state index contributed by atoms with van der Waals surface area (Å²) < 4.78 is 0. The Bertz CT molecular complexity index is 113. The highest BCUT2D eigenvalue weighted by molar-refractivity contribution is 4.82. The van der Waals surface area contributed by atoms with E-state index in [4.69, 9.17) is 15.3 Å². The largest absolute Gasteiger partial charge is 0.328 e. The molecule has 0 saturated heterocycles. The van der Waals surface area contributed by atoms with E-state index in [-0.39, 0.29) is 0 Å². The van der Waals surface area contributed by atoms with Gasteiger partial charge in [-0.3, -0.25) is 0 Å². The summed E-state index contributed by atoms with van der Waals surface area (Å²) in [6, 6.07) is 0. The highest BCUT2D eigenvalue weighted by Crippen LogP contribution is 2.43. The third-order valence-corrected chi connectivity index (χ3v) is 1.25. The first kappa shape index (κ1) is 13.8. The maximum atomic E-state index is 8.36. The molecule has 0 radical (unpaired) electrons. The van der Waals surface area contributed by atoms with E-state index in [0.717, 1.165) is 5.41 Å². The lowest BCUT2D eigenvalue weighted by Gasteiger charge is -1.86. The highest BCUT2D eigenvalue weighted by Gasteiger charge is 2.30. The van der Waals surface area contributed by atoms with Gasteiger partial charge in [0.25, 0.3) is 5.09 Å². The first-order valence-corrected chi connectivity index (χ1v) is 4.19. The molecule has 0 aromatic heterocycles. The molecule has 1 saturated carbocycles. The van der Waals surface area contributed by atoms with Gasteiger partial charge in [0, 0.05) is 0 Å². The van der Waals surface area contributed by atoms with Crippen molar-refractivity contribution in [3.63, 3.8) is 0 Å². The number of hydrogen-bond donors (Lipinski definition) is 1. The second-order valence-corrected chi connectivity index (χ2v) is 3.61. The molecule has 0 aromatic rings. The fourth-order valence-corrected chi connectivity index (χ4v) is 0.250. The zero-order chi connectivity index (χ0) is 10.2. The van der Waals surface area contributed by atoms with Crippen LogP contribution in [-0.4, -0.2) is 10.3 Å². The Hall–Kier alpha value is -0.800. The van der Waals surface area contributed by atoms with Gasteiger partial charge < -0.3 is 5.21 Å². The number of rotatable bonds is 0. The molecule has 1 aliphatic carbocycles. The van der Waals surface area contributed by atoms with E-state index in [1.165, 1.54) is 19.3 Å². The molecule has 1 rings (SSSR count). The predicted octanol–water partition coefficient (Wildman–Crippen LogP) is 2.88. The summed E-state index contributed by atoms with van der Waals surface area (Å²) in [5.41, 5.74) is 0.750. The van der Waals surface area contributed by atoms with Crippen LogP contribution in [0.15, 0.2) is 0 Å². The van der Waals surface area contributed by atoms with Crippen LogP contribution in [-0.2, 0) is 0 Å². The summed E-state index contributed by atoms with van der Waals surface area (Å²) >= 11 is 0. The zero-order valence-corrected chi connectivity index (χ0v) is 8.33. The zero-order valence-electron chi connectivity index (χ0n) is 8.33. The predicted molar refractivity (Wildman–Crippen MR) is 47.8 cm³/mol. The lowest BCUT2D eigenvalue weighted by atomic mass is 10.2. The Morgan fingerprint density at radius 1 is 1.42 bits per heavy atom. The number of hydrogen-bond acceptors (Lipinski definition) is 2. The quantitative estimate of drug-likeness (QED) is 0.457. The summed E-state index contributed by atoms with van der Waals surface area (Å²) in [6.07, 6.45) is 4.15. The molecule has 4 heteroatoms. The van der Waals surface area contributed by atoms with Crippen LogP contribution in [0.2, 0.25) is 0 Å². The first-order chi connectivity index (χ1) is 5.35. The molecule has 74 valence electrons. The molecule has 0 heterocycles. The minimum Gasteiger partial charge on any atom is -0.328 e. The minimum atomic E-state index is -1.50. The summed E-state index contributed by atoms with van der Waals surface area (Å²) in [6.45, 7) is 8.85. The Morgan fingerprint density at radius 2 is 1.50 bits per heavy atom. The van der Waals surface area contributed by atoms with Crippen LogP contribution in [0.5, 0.6) is 0 Å². The third-order valence-electron chi connectivity index (χ3n) is 1.25.